The first-order chi connectivity index (χ1) is 7.47. The number of esters is 1. The minimum atomic E-state index is -0.701. The molecule has 1 aliphatic heterocycles. The van der Waals surface area contributed by atoms with E-state index in [1.807, 2.05) is 0 Å². The van der Waals surface area contributed by atoms with Crippen molar-refractivity contribution >= 4 is 11.9 Å². The molecule has 0 aromatic heterocycles. The maximum absolute atomic E-state index is 11.7. The number of likely N-dealkylation sites (tertiary alicyclic amines) is 1. The van der Waals surface area contributed by atoms with Crippen LogP contribution in [-0.2, 0) is 14.3 Å². The number of ether oxygens (including phenoxy) is 1. The van der Waals surface area contributed by atoms with Crippen LogP contribution in [0.4, 0.5) is 0 Å². The van der Waals surface area contributed by atoms with Crippen LogP contribution in [0.5, 0.6) is 0 Å². The highest BCUT2D eigenvalue weighted by atomic mass is 16.5. The summed E-state index contributed by atoms with van der Waals surface area (Å²) in [5.74, 6) is -0.817. The van der Waals surface area contributed by atoms with Crippen molar-refractivity contribution in [1.82, 2.24) is 4.90 Å². The molecular formula is C10H18N2O4. The number of hydrogen-bond donors (Lipinski definition) is 2. The number of rotatable bonds is 3. The van der Waals surface area contributed by atoms with E-state index in [4.69, 9.17) is 10.5 Å². The molecule has 3 atom stereocenters. The number of aliphatic hydroxyl groups excluding tert-OH is 1. The molecule has 0 aromatic carbocycles. The van der Waals surface area contributed by atoms with Gasteiger partial charge in [0.05, 0.1) is 18.8 Å². The lowest BCUT2D eigenvalue weighted by molar-refractivity contribution is -0.153. The van der Waals surface area contributed by atoms with E-state index in [0.29, 0.717) is 0 Å². The molecule has 0 aliphatic carbocycles. The molecule has 1 saturated heterocycles. The minimum absolute atomic E-state index is 0.143. The Bertz CT molecular complexity index is 280. The number of nitrogens with two attached hydrogens (primary N) is 1. The third-order valence-corrected chi connectivity index (χ3v) is 2.51. The van der Waals surface area contributed by atoms with E-state index in [-0.39, 0.29) is 25.5 Å². The Kier molecular flexibility index (Phi) is 4.26. The smallest absolute Gasteiger partial charge is 0.328 e. The molecule has 1 amide bonds. The summed E-state index contributed by atoms with van der Waals surface area (Å²) in [5.41, 5.74) is 5.47. The second-order valence-electron chi connectivity index (χ2n) is 3.94. The third-order valence-electron chi connectivity index (χ3n) is 2.51. The normalized spacial score (nSPS) is 26.6. The highest BCUT2D eigenvalue weighted by molar-refractivity contribution is 5.88. The molecule has 0 spiro atoms. The maximum Gasteiger partial charge on any atom is 0.328 e. The molecule has 1 rings (SSSR count). The second kappa shape index (κ2) is 5.27. The Balaban J connectivity index is 2.74. The number of carbonyl (C=O) groups excluding carboxylic acids is 2. The second-order valence-corrected chi connectivity index (χ2v) is 3.94. The Morgan fingerprint density at radius 1 is 1.62 bits per heavy atom. The Labute approximate surface area is 94.3 Å². The highest BCUT2D eigenvalue weighted by Gasteiger charge is 2.40. The van der Waals surface area contributed by atoms with Crippen LogP contribution >= 0.6 is 0 Å². The highest BCUT2D eigenvalue weighted by Crippen LogP contribution is 2.19. The predicted octanol–water partition coefficient (Wildman–Crippen LogP) is -1.14. The van der Waals surface area contributed by atoms with Crippen LogP contribution in [0.15, 0.2) is 0 Å². The predicted molar refractivity (Wildman–Crippen MR) is 56.4 cm³/mol. The zero-order valence-corrected chi connectivity index (χ0v) is 9.55. The zero-order valence-electron chi connectivity index (χ0n) is 9.55. The van der Waals surface area contributed by atoms with Gasteiger partial charge in [0.25, 0.3) is 0 Å². The lowest BCUT2D eigenvalue weighted by atomic mass is 10.2. The molecule has 0 aromatic rings. The zero-order chi connectivity index (χ0) is 12.3. The lowest BCUT2D eigenvalue weighted by Gasteiger charge is -2.24. The van der Waals surface area contributed by atoms with E-state index in [0.717, 1.165) is 0 Å². The van der Waals surface area contributed by atoms with Gasteiger partial charge in [-0.25, -0.2) is 4.79 Å². The van der Waals surface area contributed by atoms with Gasteiger partial charge in [0.1, 0.15) is 6.04 Å². The fourth-order valence-corrected chi connectivity index (χ4v) is 1.78. The molecule has 1 heterocycles. The van der Waals surface area contributed by atoms with Gasteiger partial charge in [-0.2, -0.15) is 0 Å². The molecular weight excluding hydrogens is 212 g/mol. The molecule has 0 radical (unpaired) electrons. The quantitative estimate of drug-likeness (QED) is 0.598. The van der Waals surface area contributed by atoms with E-state index in [2.05, 4.69) is 0 Å². The van der Waals surface area contributed by atoms with Crippen molar-refractivity contribution in [3.05, 3.63) is 0 Å². The number of amides is 1. The summed E-state index contributed by atoms with van der Waals surface area (Å²) in [6, 6.07) is -1.38. The standard InChI is InChI=1S/C10H18N2O4/c1-3-16-10(15)8-4-7(13)5-12(8)9(14)6(2)11/h6-8,13H,3-5,11H2,1-2H3. The van der Waals surface area contributed by atoms with E-state index < -0.39 is 24.2 Å². The van der Waals surface area contributed by atoms with E-state index in [9.17, 15) is 14.7 Å². The first-order valence-corrected chi connectivity index (χ1v) is 5.38. The fourth-order valence-electron chi connectivity index (χ4n) is 1.78. The van der Waals surface area contributed by atoms with Crippen LogP contribution in [0, 0.1) is 0 Å². The molecule has 16 heavy (non-hydrogen) atoms. The van der Waals surface area contributed by atoms with Crippen LogP contribution in [0.2, 0.25) is 0 Å². The van der Waals surface area contributed by atoms with Crippen LogP contribution in [0.25, 0.3) is 0 Å². The third kappa shape index (κ3) is 2.70. The summed E-state index contributed by atoms with van der Waals surface area (Å²) >= 11 is 0. The number of carbonyl (C=O) groups is 2. The van der Waals surface area contributed by atoms with Crippen LogP contribution < -0.4 is 5.73 Å². The van der Waals surface area contributed by atoms with Gasteiger partial charge in [-0.3, -0.25) is 4.79 Å². The van der Waals surface area contributed by atoms with Crippen molar-refractivity contribution in [3.63, 3.8) is 0 Å². The van der Waals surface area contributed by atoms with Crippen LogP contribution in [-0.4, -0.2) is 53.2 Å². The van der Waals surface area contributed by atoms with Gasteiger partial charge in [-0.15, -0.1) is 0 Å². The van der Waals surface area contributed by atoms with Crippen molar-refractivity contribution in [2.45, 2.75) is 38.5 Å². The van der Waals surface area contributed by atoms with Gasteiger partial charge in [-0.05, 0) is 13.8 Å². The number of hydrogen-bond acceptors (Lipinski definition) is 5. The van der Waals surface area contributed by atoms with E-state index >= 15 is 0 Å². The first-order valence-electron chi connectivity index (χ1n) is 5.38. The topological polar surface area (TPSA) is 92.9 Å². The number of aliphatic hydroxyl groups is 1. The van der Waals surface area contributed by atoms with Crippen LogP contribution in [0.1, 0.15) is 20.3 Å². The SMILES string of the molecule is CCOC(=O)C1CC(O)CN1C(=O)C(C)N. The van der Waals surface area contributed by atoms with Gasteiger partial charge in [0.15, 0.2) is 0 Å². The monoisotopic (exact) mass is 230 g/mol. The largest absolute Gasteiger partial charge is 0.464 e. The number of nitrogens with zero attached hydrogens (tertiary/aromatic N) is 1. The van der Waals surface area contributed by atoms with Gasteiger partial charge >= 0.3 is 5.97 Å². The first kappa shape index (κ1) is 12.9. The summed E-state index contributed by atoms with van der Waals surface area (Å²) in [4.78, 5) is 24.6. The summed E-state index contributed by atoms with van der Waals surface area (Å²) in [6.45, 7) is 3.64. The van der Waals surface area contributed by atoms with Gasteiger partial charge in [0.2, 0.25) is 5.91 Å². The molecule has 6 heteroatoms. The van der Waals surface area contributed by atoms with Gasteiger partial charge in [0, 0.05) is 13.0 Å². The summed E-state index contributed by atoms with van der Waals surface area (Å²) < 4.78 is 4.85. The Hall–Kier alpha value is -1.14. The number of β-amino-alcohol motifs (C(OH)–C–C–N with tert-alkyl or cyclic N) is 1. The summed E-state index contributed by atoms with van der Waals surface area (Å²) in [7, 11) is 0. The van der Waals surface area contributed by atoms with Crippen molar-refractivity contribution < 1.29 is 19.4 Å². The summed E-state index contributed by atoms with van der Waals surface area (Å²) in [6.07, 6.45) is -0.464. The lowest BCUT2D eigenvalue weighted by Crippen LogP contribution is -2.48. The molecule has 0 saturated carbocycles. The minimum Gasteiger partial charge on any atom is -0.464 e. The van der Waals surface area contributed by atoms with Gasteiger partial charge < -0.3 is 20.5 Å². The molecule has 3 N–H and O–H groups in total. The molecule has 3 unspecified atom stereocenters. The van der Waals surface area contributed by atoms with Crippen molar-refractivity contribution in [3.8, 4) is 0 Å². The molecule has 0 bridgehead atoms. The molecule has 1 fully saturated rings. The Morgan fingerprint density at radius 2 is 2.25 bits per heavy atom. The molecule has 92 valence electrons. The van der Waals surface area contributed by atoms with Crippen molar-refractivity contribution in [2.24, 2.45) is 5.73 Å². The molecule has 6 nitrogen and oxygen atoms in total. The Morgan fingerprint density at radius 3 is 2.75 bits per heavy atom. The van der Waals surface area contributed by atoms with E-state index in [1.54, 1.807) is 13.8 Å². The van der Waals surface area contributed by atoms with Gasteiger partial charge in [-0.1, -0.05) is 0 Å². The van der Waals surface area contributed by atoms with Crippen molar-refractivity contribution in [1.29, 1.82) is 0 Å². The van der Waals surface area contributed by atoms with Crippen LogP contribution in [0.3, 0.4) is 0 Å². The van der Waals surface area contributed by atoms with E-state index in [1.165, 1.54) is 4.90 Å². The average molecular weight is 230 g/mol. The summed E-state index contributed by atoms with van der Waals surface area (Å²) in [5, 5.41) is 9.48. The molecule has 1 aliphatic rings. The maximum atomic E-state index is 11.7. The van der Waals surface area contributed by atoms with Crippen molar-refractivity contribution in [2.75, 3.05) is 13.2 Å². The average Bonchev–Trinajstić information content (AvgIpc) is 2.59. The fraction of sp³-hybridized carbons (Fsp3) is 0.800.